The fraction of sp³-hybridized carbons (Fsp3) is 0.261. The molecule has 0 aliphatic carbocycles. The van der Waals surface area contributed by atoms with E-state index in [0.29, 0.717) is 47.5 Å². The van der Waals surface area contributed by atoms with Gasteiger partial charge in [0.1, 0.15) is 19.0 Å². The normalized spacial score (nSPS) is 13.3. The highest BCUT2D eigenvalue weighted by Crippen LogP contribution is 2.32. The molecule has 1 aliphatic heterocycles. The van der Waals surface area contributed by atoms with E-state index >= 15 is 0 Å². The maximum Gasteiger partial charge on any atom is 0.262 e. The Labute approximate surface area is 192 Å². The van der Waals surface area contributed by atoms with Gasteiger partial charge in [-0.2, -0.15) is 0 Å². The van der Waals surface area contributed by atoms with Crippen molar-refractivity contribution in [3.63, 3.8) is 0 Å². The van der Waals surface area contributed by atoms with Crippen LogP contribution in [-0.4, -0.2) is 37.5 Å². The third-order valence-corrected chi connectivity index (χ3v) is 6.18. The highest BCUT2D eigenvalue weighted by atomic mass is 32.2. The maximum atomic E-state index is 12.7. The molecule has 0 bridgehead atoms. The lowest BCUT2D eigenvalue weighted by Crippen LogP contribution is -2.18. The summed E-state index contributed by atoms with van der Waals surface area (Å²) in [6.45, 7) is 6.80. The smallest absolute Gasteiger partial charge is 0.262 e. The molecule has 1 aliphatic rings. The number of hydrogen-bond donors (Lipinski definition) is 2. The number of carbonyl (C=O) groups is 1. The number of amides is 1. The van der Waals surface area contributed by atoms with Crippen LogP contribution in [0.1, 0.15) is 37.0 Å². The first-order valence-corrected chi connectivity index (χ1v) is 11.8. The molecule has 4 rings (SSSR count). The van der Waals surface area contributed by atoms with E-state index in [2.05, 4.69) is 20.0 Å². The number of sulfonamides is 1. The number of benzene rings is 2. The summed E-state index contributed by atoms with van der Waals surface area (Å²) in [5.74, 6) is 1.21. The molecule has 0 spiro atoms. The van der Waals surface area contributed by atoms with Gasteiger partial charge in [0, 0.05) is 22.7 Å². The highest BCUT2D eigenvalue weighted by Gasteiger charge is 2.20. The van der Waals surface area contributed by atoms with Crippen LogP contribution in [0.2, 0.25) is 0 Å². The first-order chi connectivity index (χ1) is 15.6. The number of hydrogen-bond acceptors (Lipinski definition) is 7. The second kappa shape index (κ2) is 8.70. The fourth-order valence-corrected chi connectivity index (χ4v) is 4.15. The van der Waals surface area contributed by atoms with E-state index in [1.807, 2.05) is 20.8 Å². The Balaban J connectivity index is 1.43. The molecule has 1 aromatic heterocycles. The molecule has 2 aromatic carbocycles. The van der Waals surface area contributed by atoms with E-state index in [0.717, 1.165) is 0 Å². The average molecular weight is 469 g/mol. The van der Waals surface area contributed by atoms with Crippen molar-refractivity contribution in [2.75, 3.05) is 23.3 Å². The lowest BCUT2D eigenvalue weighted by Gasteiger charge is -2.19. The van der Waals surface area contributed by atoms with Crippen LogP contribution in [-0.2, 0) is 15.4 Å². The van der Waals surface area contributed by atoms with E-state index in [1.165, 1.54) is 36.4 Å². The number of anilines is 2. The molecule has 1 amide bonds. The van der Waals surface area contributed by atoms with E-state index in [1.54, 1.807) is 18.5 Å². The summed E-state index contributed by atoms with van der Waals surface area (Å²) in [4.78, 5) is 21.1. The molecule has 9 nitrogen and oxygen atoms in total. The van der Waals surface area contributed by atoms with Crippen LogP contribution in [0.15, 0.2) is 59.8 Å². The number of nitrogens with zero attached hydrogens (tertiary/aromatic N) is 2. The second-order valence-corrected chi connectivity index (χ2v) is 10.2. The van der Waals surface area contributed by atoms with E-state index in [-0.39, 0.29) is 16.2 Å². The molecule has 2 N–H and O–H groups in total. The minimum absolute atomic E-state index is 0.0484. The first-order valence-electron chi connectivity index (χ1n) is 10.3. The van der Waals surface area contributed by atoms with Gasteiger partial charge in [-0.05, 0) is 36.4 Å². The molecule has 3 aromatic rings. The van der Waals surface area contributed by atoms with Crippen molar-refractivity contribution in [2.45, 2.75) is 31.1 Å². The van der Waals surface area contributed by atoms with Crippen molar-refractivity contribution >= 4 is 27.3 Å². The van der Waals surface area contributed by atoms with Gasteiger partial charge < -0.3 is 14.8 Å². The molecular weight excluding hydrogens is 444 g/mol. The first kappa shape index (κ1) is 22.5. The summed E-state index contributed by atoms with van der Waals surface area (Å²) in [6.07, 6.45) is 3.11. The summed E-state index contributed by atoms with van der Waals surface area (Å²) in [5, 5.41) is 2.73. The van der Waals surface area contributed by atoms with E-state index < -0.39 is 10.0 Å². The van der Waals surface area contributed by atoms with Gasteiger partial charge in [0.2, 0.25) is 0 Å². The summed E-state index contributed by atoms with van der Waals surface area (Å²) in [7, 11) is -3.85. The number of aromatic nitrogens is 2. The van der Waals surface area contributed by atoms with Gasteiger partial charge in [-0.15, -0.1) is 0 Å². The molecule has 172 valence electrons. The Hall–Kier alpha value is -3.66. The van der Waals surface area contributed by atoms with Gasteiger partial charge in [0.15, 0.2) is 11.5 Å². The average Bonchev–Trinajstić information content (AvgIpc) is 2.78. The zero-order chi connectivity index (χ0) is 23.6. The third kappa shape index (κ3) is 5.23. The number of fused-ring (bicyclic) bond motifs is 1. The van der Waals surface area contributed by atoms with Crippen molar-refractivity contribution in [3.05, 3.63) is 66.2 Å². The van der Waals surface area contributed by atoms with E-state index in [4.69, 9.17) is 9.47 Å². The summed E-state index contributed by atoms with van der Waals surface area (Å²) >= 11 is 0. The van der Waals surface area contributed by atoms with E-state index in [9.17, 15) is 13.2 Å². The van der Waals surface area contributed by atoms with Crippen molar-refractivity contribution in [3.8, 4) is 11.5 Å². The zero-order valence-corrected chi connectivity index (χ0v) is 19.3. The van der Waals surface area contributed by atoms with Crippen LogP contribution in [0.25, 0.3) is 0 Å². The standard InChI is InChI=1S/C23H24N4O5S/c1-23(2,3)22-24-13-17(14-25-22)26-21(28)15-4-6-16(7-5-15)27-33(29,30)18-8-9-19-20(12-18)32-11-10-31-19/h4-9,12-14,27H,10-11H2,1-3H3,(H,26,28). The van der Waals surface area contributed by atoms with Crippen molar-refractivity contribution in [1.82, 2.24) is 9.97 Å². The van der Waals surface area contributed by atoms with Gasteiger partial charge >= 0.3 is 0 Å². The number of nitrogens with one attached hydrogen (secondary N) is 2. The van der Waals surface area contributed by atoms with Crippen LogP contribution in [0, 0.1) is 0 Å². The SMILES string of the molecule is CC(C)(C)c1ncc(NC(=O)c2ccc(NS(=O)(=O)c3ccc4c(c3)OCCO4)cc2)cn1. The quantitative estimate of drug-likeness (QED) is 0.587. The van der Waals surface area contributed by atoms with Crippen LogP contribution in [0.4, 0.5) is 11.4 Å². The van der Waals surface area contributed by atoms with Crippen LogP contribution in [0.3, 0.4) is 0 Å². The van der Waals surface area contributed by atoms with Crippen LogP contribution >= 0.6 is 0 Å². The second-order valence-electron chi connectivity index (χ2n) is 8.49. The molecule has 0 fully saturated rings. The molecule has 0 saturated carbocycles. The monoisotopic (exact) mass is 468 g/mol. The minimum Gasteiger partial charge on any atom is -0.486 e. The van der Waals surface area contributed by atoms with Crippen molar-refractivity contribution < 1.29 is 22.7 Å². The molecule has 0 unspecified atom stereocenters. The zero-order valence-electron chi connectivity index (χ0n) is 18.5. The van der Waals surface area contributed by atoms with Crippen LogP contribution < -0.4 is 19.5 Å². The number of ether oxygens (including phenoxy) is 2. The lowest BCUT2D eigenvalue weighted by atomic mass is 9.96. The predicted octanol–water partition coefficient (Wildman–Crippen LogP) is 3.60. The van der Waals surface area contributed by atoms with Crippen molar-refractivity contribution in [1.29, 1.82) is 0 Å². The number of carbonyl (C=O) groups excluding carboxylic acids is 1. The maximum absolute atomic E-state index is 12.7. The van der Waals surface area contributed by atoms with Crippen LogP contribution in [0.5, 0.6) is 11.5 Å². The summed E-state index contributed by atoms with van der Waals surface area (Å²) < 4.78 is 38.9. The summed E-state index contributed by atoms with van der Waals surface area (Å²) in [5.41, 5.74) is 0.957. The van der Waals surface area contributed by atoms with Gasteiger partial charge in [-0.1, -0.05) is 20.8 Å². The molecule has 2 heterocycles. The minimum atomic E-state index is -3.85. The van der Waals surface area contributed by atoms with Gasteiger partial charge in [0.05, 0.1) is 23.0 Å². The lowest BCUT2D eigenvalue weighted by molar-refractivity contribution is 0.102. The summed E-state index contributed by atoms with van der Waals surface area (Å²) in [6, 6.07) is 10.5. The Morgan fingerprint density at radius 1 is 0.909 bits per heavy atom. The van der Waals surface area contributed by atoms with Gasteiger partial charge in [-0.25, -0.2) is 18.4 Å². The number of rotatable bonds is 5. The molecular formula is C23H24N4O5S. The van der Waals surface area contributed by atoms with Gasteiger partial charge in [-0.3, -0.25) is 9.52 Å². The molecule has 0 atom stereocenters. The molecule has 33 heavy (non-hydrogen) atoms. The Morgan fingerprint density at radius 3 is 2.18 bits per heavy atom. The largest absolute Gasteiger partial charge is 0.486 e. The van der Waals surface area contributed by atoms with Crippen molar-refractivity contribution in [2.24, 2.45) is 0 Å². The molecule has 0 radical (unpaired) electrons. The topological polar surface area (TPSA) is 120 Å². The third-order valence-electron chi connectivity index (χ3n) is 4.80. The Kier molecular flexibility index (Phi) is 5.94. The molecule has 0 saturated heterocycles. The predicted molar refractivity (Wildman–Crippen MR) is 123 cm³/mol. The highest BCUT2D eigenvalue weighted by molar-refractivity contribution is 7.92. The van der Waals surface area contributed by atoms with Gasteiger partial charge in [0.25, 0.3) is 15.9 Å². The molecule has 10 heteroatoms. The Bertz CT molecular complexity index is 1270. The Morgan fingerprint density at radius 2 is 1.55 bits per heavy atom. The fourth-order valence-electron chi connectivity index (χ4n) is 3.08.